The molecule has 1 rings (SSSR count). The number of aryl methyl sites for hydroxylation is 1. The summed E-state index contributed by atoms with van der Waals surface area (Å²) in [5.74, 6) is -0.0625. The van der Waals surface area contributed by atoms with Crippen molar-refractivity contribution >= 4 is 5.91 Å². The zero-order valence-electron chi connectivity index (χ0n) is 11.6. The van der Waals surface area contributed by atoms with Gasteiger partial charge in [0, 0.05) is 13.1 Å². The van der Waals surface area contributed by atoms with E-state index in [4.69, 9.17) is 0 Å². The fraction of sp³-hybridized carbons (Fsp3) is 0.353. The maximum atomic E-state index is 10.9. The highest BCUT2D eigenvalue weighted by Crippen LogP contribution is 2.07. The average molecular weight is 257 g/mol. The third kappa shape index (κ3) is 7.98. The number of hydrogen-bond donors (Lipinski definition) is 1. The number of likely N-dealkylation sites (N-methyl/N-ethyl adjacent to an activating group) is 1. The Balaban J connectivity index is 2.01. The third-order valence-corrected chi connectivity index (χ3v) is 2.92. The van der Waals surface area contributed by atoms with Gasteiger partial charge in [-0.2, -0.15) is 0 Å². The van der Waals surface area contributed by atoms with Crippen molar-refractivity contribution in [2.45, 2.75) is 32.1 Å². The van der Waals surface area contributed by atoms with E-state index in [1.165, 1.54) is 37.3 Å². The Morgan fingerprint density at radius 2 is 1.89 bits per heavy atom. The van der Waals surface area contributed by atoms with Gasteiger partial charge in [0.15, 0.2) is 0 Å². The molecular formula is C17H23NO. The van der Waals surface area contributed by atoms with E-state index in [9.17, 15) is 4.79 Å². The average Bonchev–Trinajstić information content (AvgIpc) is 2.46. The van der Waals surface area contributed by atoms with Crippen molar-refractivity contribution < 1.29 is 4.79 Å². The molecule has 0 unspecified atom stereocenters. The number of benzene rings is 1. The second-order valence-corrected chi connectivity index (χ2v) is 4.49. The fourth-order valence-electron chi connectivity index (χ4n) is 1.81. The summed E-state index contributed by atoms with van der Waals surface area (Å²) in [6.07, 6.45) is 13.3. The van der Waals surface area contributed by atoms with E-state index in [1.807, 2.05) is 6.08 Å². The molecule has 1 N–H and O–H groups in total. The Bertz CT molecular complexity index is 407. The number of unbranched alkanes of at least 4 members (excludes halogenated alkanes) is 3. The lowest BCUT2D eigenvalue weighted by atomic mass is 10.1. The molecule has 0 aliphatic rings. The molecule has 0 aromatic heterocycles. The lowest BCUT2D eigenvalue weighted by Crippen LogP contribution is -2.13. The van der Waals surface area contributed by atoms with Crippen molar-refractivity contribution in [2.24, 2.45) is 0 Å². The van der Waals surface area contributed by atoms with Gasteiger partial charge in [-0.1, -0.05) is 55.0 Å². The number of rotatable bonds is 8. The standard InChI is InChI=1S/C17H23NO/c1-18-17(19)15-11-6-4-2-3-5-8-12-16-13-9-7-10-14-16/h4,6-7,9-11,13-15H,2-3,5,8,12H2,1H3,(H,18,19). The van der Waals surface area contributed by atoms with E-state index in [-0.39, 0.29) is 5.91 Å². The third-order valence-electron chi connectivity index (χ3n) is 2.92. The Morgan fingerprint density at radius 3 is 2.63 bits per heavy atom. The first-order valence-corrected chi connectivity index (χ1v) is 6.92. The first kappa shape index (κ1) is 15.2. The number of allylic oxidation sites excluding steroid dienone is 3. The fourth-order valence-corrected chi connectivity index (χ4v) is 1.81. The molecule has 1 aromatic rings. The van der Waals surface area contributed by atoms with Crippen LogP contribution in [0.4, 0.5) is 0 Å². The van der Waals surface area contributed by atoms with Crippen LogP contribution in [0.5, 0.6) is 0 Å². The van der Waals surface area contributed by atoms with Crippen LogP contribution in [0.25, 0.3) is 0 Å². The van der Waals surface area contributed by atoms with Gasteiger partial charge in [-0.3, -0.25) is 4.79 Å². The smallest absolute Gasteiger partial charge is 0.243 e. The largest absolute Gasteiger partial charge is 0.356 e. The normalized spacial score (nSPS) is 11.2. The zero-order valence-corrected chi connectivity index (χ0v) is 11.6. The summed E-state index contributed by atoms with van der Waals surface area (Å²) >= 11 is 0. The van der Waals surface area contributed by atoms with Crippen molar-refractivity contribution in [3.8, 4) is 0 Å². The molecule has 0 atom stereocenters. The minimum atomic E-state index is -0.0625. The van der Waals surface area contributed by atoms with Crippen LogP contribution in [0.15, 0.2) is 54.6 Å². The van der Waals surface area contributed by atoms with Crippen LogP contribution in [0.1, 0.15) is 31.2 Å². The summed E-state index contributed by atoms with van der Waals surface area (Å²) in [5, 5.41) is 2.54. The predicted octanol–water partition coefficient (Wildman–Crippen LogP) is 3.65. The van der Waals surface area contributed by atoms with Gasteiger partial charge in [0.05, 0.1) is 0 Å². The van der Waals surface area contributed by atoms with E-state index >= 15 is 0 Å². The quantitative estimate of drug-likeness (QED) is 0.430. The predicted molar refractivity (Wildman–Crippen MR) is 81.0 cm³/mol. The molecule has 0 saturated heterocycles. The van der Waals surface area contributed by atoms with E-state index in [0.29, 0.717) is 0 Å². The molecule has 0 radical (unpaired) electrons. The van der Waals surface area contributed by atoms with Crippen LogP contribution in [0, 0.1) is 0 Å². The number of carbonyl (C=O) groups is 1. The van der Waals surface area contributed by atoms with E-state index < -0.39 is 0 Å². The van der Waals surface area contributed by atoms with E-state index in [0.717, 1.165) is 6.42 Å². The van der Waals surface area contributed by atoms with Gasteiger partial charge in [-0.25, -0.2) is 0 Å². The highest BCUT2D eigenvalue weighted by Gasteiger charge is 1.91. The van der Waals surface area contributed by atoms with Gasteiger partial charge in [0.25, 0.3) is 0 Å². The van der Waals surface area contributed by atoms with Crippen molar-refractivity contribution in [1.82, 2.24) is 5.32 Å². The van der Waals surface area contributed by atoms with Crippen molar-refractivity contribution in [1.29, 1.82) is 0 Å². The van der Waals surface area contributed by atoms with Crippen molar-refractivity contribution in [3.63, 3.8) is 0 Å². The monoisotopic (exact) mass is 257 g/mol. The Kier molecular flexibility index (Phi) is 8.12. The molecule has 19 heavy (non-hydrogen) atoms. The second-order valence-electron chi connectivity index (χ2n) is 4.49. The second kappa shape index (κ2) is 10.1. The zero-order chi connectivity index (χ0) is 13.8. The molecule has 1 aromatic carbocycles. The molecular weight excluding hydrogens is 234 g/mol. The summed E-state index contributed by atoms with van der Waals surface area (Å²) in [4.78, 5) is 10.9. The van der Waals surface area contributed by atoms with Crippen LogP contribution in [0.3, 0.4) is 0 Å². The molecule has 2 heteroatoms. The molecule has 2 nitrogen and oxygen atoms in total. The molecule has 0 bridgehead atoms. The first-order valence-electron chi connectivity index (χ1n) is 6.92. The van der Waals surface area contributed by atoms with Crippen LogP contribution in [-0.2, 0) is 11.2 Å². The molecule has 102 valence electrons. The van der Waals surface area contributed by atoms with Gasteiger partial charge in [-0.05, 0) is 31.2 Å². The van der Waals surface area contributed by atoms with Gasteiger partial charge < -0.3 is 5.32 Å². The van der Waals surface area contributed by atoms with E-state index in [2.05, 4.69) is 41.7 Å². The molecule has 0 aliphatic carbocycles. The van der Waals surface area contributed by atoms with Gasteiger partial charge in [-0.15, -0.1) is 0 Å². The highest BCUT2D eigenvalue weighted by molar-refractivity contribution is 5.87. The summed E-state index contributed by atoms with van der Waals surface area (Å²) in [6.45, 7) is 0. The van der Waals surface area contributed by atoms with Crippen molar-refractivity contribution in [2.75, 3.05) is 7.05 Å². The van der Waals surface area contributed by atoms with Crippen LogP contribution in [-0.4, -0.2) is 13.0 Å². The minimum Gasteiger partial charge on any atom is -0.356 e. The number of amides is 1. The van der Waals surface area contributed by atoms with E-state index in [1.54, 1.807) is 13.1 Å². The molecule has 0 saturated carbocycles. The molecule has 0 spiro atoms. The summed E-state index contributed by atoms with van der Waals surface area (Å²) in [6, 6.07) is 10.6. The molecule has 0 heterocycles. The number of nitrogens with one attached hydrogen (secondary N) is 1. The molecule has 0 aliphatic heterocycles. The van der Waals surface area contributed by atoms with Gasteiger partial charge in [0.1, 0.15) is 0 Å². The van der Waals surface area contributed by atoms with Gasteiger partial charge in [0.2, 0.25) is 5.91 Å². The van der Waals surface area contributed by atoms with Crippen molar-refractivity contribution in [3.05, 3.63) is 60.2 Å². The number of hydrogen-bond acceptors (Lipinski definition) is 1. The van der Waals surface area contributed by atoms with Crippen LogP contribution in [0.2, 0.25) is 0 Å². The topological polar surface area (TPSA) is 29.1 Å². The maximum absolute atomic E-state index is 10.9. The Labute approximate surface area is 116 Å². The van der Waals surface area contributed by atoms with Crippen LogP contribution < -0.4 is 5.32 Å². The molecule has 0 fully saturated rings. The summed E-state index contributed by atoms with van der Waals surface area (Å²) in [7, 11) is 1.63. The number of carbonyl (C=O) groups excluding carboxylic acids is 1. The first-order chi connectivity index (χ1) is 9.33. The Morgan fingerprint density at radius 1 is 1.11 bits per heavy atom. The van der Waals surface area contributed by atoms with Crippen LogP contribution >= 0.6 is 0 Å². The lowest BCUT2D eigenvalue weighted by Gasteiger charge is -2.00. The maximum Gasteiger partial charge on any atom is 0.243 e. The highest BCUT2D eigenvalue weighted by atomic mass is 16.1. The molecule has 1 amide bonds. The minimum absolute atomic E-state index is 0.0625. The van der Waals surface area contributed by atoms with Gasteiger partial charge >= 0.3 is 0 Å². The summed E-state index contributed by atoms with van der Waals surface area (Å²) < 4.78 is 0. The summed E-state index contributed by atoms with van der Waals surface area (Å²) in [5.41, 5.74) is 1.42. The SMILES string of the molecule is CNC(=O)C=CC=CCCCCCc1ccccc1. The lowest BCUT2D eigenvalue weighted by molar-refractivity contribution is -0.116. The Hall–Kier alpha value is -1.83.